The van der Waals surface area contributed by atoms with Gasteiger partial charge in [-0.3, -0.25) is 4.90 Å². The van der Waals surface area contributed by atoms with E-state index in [0.717, 1.165) is 18.4 Å². The Labute approximate surface area is 152 Å². The van der Waals surface area contributed by atoms with Gasteiger partial charge in [-0.1, -0.05) is 37.3 Å². The number of benzene rings is 1. The lowest BCUT2D eigenvalue weighted by atomic mass is 10.1. The molecule has 1 aliphatic carbocycles. The van der Waals surface area contributed by atoms with E-state index in [1.54, 1.807) is 6.33 Å². The summed E-state index contributed by atoms with van der Waals surface area (Å²) in [7, 11) is 0. The molecule has 3 rings (SSSR count). The number of carbonyl (C=O) groups is 2. The van der Waals surface area contributed by atoms with Crippen molar-refractivity contribution >= 4 is 12.1 Å². The first-order valence-corrected chi connectivity index (χ1v) is 8.83. The molecule has 1 fully saturated rings. The third-order valence-electron chi connectivity index (χ3n) is 4.37. The van der Waals surface area contributed by atoms with E-state index in [2.05, 4.69) is 4.98 Å². The van der Waals surface area contributed by atoms with Crippen molar-refractivity contribution in [3.63, 3.8) is 0 Å². The van der Waals surface area contributed by atoms with Crippen molar-refractivity contribution < 1.29 is 19.4 Å². The molecule has 1 N–H and O–H groups in total. The van der Waals surface area contributed by atoms with Gasteiger partial charge in [0, 0.05) is 12.6 Å². The molecule has 1 heterocycles. The van der Waals surface area contributed by atoms with E-state index in [0.29, 0.717) is 18.7 Å². The maximum atomic E-state index is 12.7. The highest BCUT2D eigenvalue weighted by atomic mass is 16.6. The Bertz CT molecular complexity index is 755. The van der Waals surface area contributed by atoms with Gasteiger partial charge in [-0.15, -0.1) is 0 Å². The first-order chi connectivity index (χ1) is 12.6. The molecule has 0 spiro atoms. The SMILES string of the molecule is CCCN(C(=O)OCc1ccccc1)C(C(=O)O)c1cncn1C1CC1. The zero-order valence-electron chi connectivity index (χ0n) is 14.7. The lowest BCUT2D eigenvalue weighted by Crippen LogP contribution is -2.40. The normalized spacial score (nSPS) is 14.7. The number of carboxylic acids is 1. The van der Waals surface area contributed by atoms with Gasteiger partial charge in [-0.05, 0) is 24.8 Å². The first kappa shape index (κ1) is 18.0. The predicted octanol–water partition coefficient (Wildman–Crippen LogP) is 3.39. The lowest BCUT2D eigenvalue weighted by Gasteiger charge is -2.28. The molecule has 0 radical (unpaired) electrons. The number of ether oxygens (including phenoxy) is 1. The van der Waals surface area contributed by atoms with Crippen molar-refractivity contribution in [3.8, 4) is 0 Å². The van der Waals surface area contributed by atoms with Gasteiger partial charge in [-0.25, -0.2) is 14.6 Å². The minimum atomic E-state index is -1.11. The van der Waals surface area contributed by atoms with E-state index in [1.807, 2.05) is 41.8 Å². The van der Waals surface area contributed by atoms with E-state index in [9.17, 15) is 14.7 Å². The highest BCUT2D eigenvalue weighted by Crippen LogP contribution is 2.38. The second kappa shape index (κ2) is 8.03. The van der Waals surface area contributed by atoms with Crippen LogP contribution in [0.15, 0.2) is 42.9 Å². The molecule has 138 valence electrons. The number of imidazole rings is 1. The Morgan fingerprint density at radius 2 is 2.08 bits per heavy atom. The highest BCUT2D eigenvalue weighted by Gasteiger charge is 2.37. The van der Waals surface area contributed by atoms with Crippen LogP contribution in [0.3, 0.4) is 0 Å². The Hall–Kier alpha value is -2.83. The number of hydrogen-bond acceptors (Lipinski definition) is 4. The van der Waals surface area contributed by atoms with Crippen molar-refractivity contribution in [2.45, 2.75) is 44.9 Å². The molecule has 7 heteroatoms. The van der Waals surface area contributed by atoms with Crippen LogP contribution in [0.4, 0.5) is 4.79 Å². The summed E-state index contributed by atoms with van der Waals surface area (Å²) in [6, 6.07) is 8.48. The van der Waals surface area contributed by atoms with Crippen molar-refractivity contribution in [3.05, 3.63) is 54.1 Å². The number of hydrogen-bond donors (Lipinski definition) is 1. The molecule has 1 unspecified atom stereocenters. The Morgan fingerprint density at radius 3 is 2.69 bits per heavy atom. The summed E-state index contributed by atoms with van der Waals surface area (Å²) >= 11 is 0. The van der Waals surface area contributed by atoms with Gasteiger partial charge in [0.05, 0.1) is 18.2 Å². The van der Waals surface area contributed by atoms with Crippen LogP contribution >= 0.6 is 0 Å². The summed E-state index contributed by atoms with van der Waals surface area (Å²) < 4.78 is 7.25. The van der Waals surface area contributed by atoms with E-state index in [1.165, 1.54) is 11.1 Å². The molecule has 26 heavy (non-hydrogen) atoms. The number of amides is 1. The van der Waals surface area contributed by atoms with Crippen LogP contribution in [0.2, 0.25) is 0 Å². The van der Waals surface area contributed by atoms with Gasteiger partial charge in [0.2, 0.25) is 0 Å². The largest absolute Gasteiger partial charge is 0.479 e. The van der Waals surface area contributed by atoms with Gasteiger partial charge in [0.25, 0.3) is 0 Å². The number of carboxylic acid groups (broad SMARTS) is 1. The van der Waals surface area contributed by atoms with Gasteiger partial charge < -0.3 is 14.4 Å². The van der Waals surface area contributed by atoms with Crippen LogP contribution in [0.5, 0.6) is 0 Å². The fourth-order valence-electron chi connectivity index (χ4n) is 2.97. The molecule has 0 bridgehead atoms. The number of aliphatic carboxylic acids is 1. The fourth-order valence-corrected chi connectivity index (χ4v) is 2.97. The number of carbonyl (C=O) groups excluding carboxylic acids is 1. The zero-order chi connectivity index (χ0) is 18.5. The standard InChI is InChI=1S/C19H23N3O4/c1-2-10-21(19(25)26-12-14-6-4-3-5-7-14)17(18(23)24)16-11-20-13-22(16)15-8-9-15/h3-7,11,13,15,17H,2,8-10,12H2,1H3,(H,23,24). The third kappa shape index (κ3) is 4.04. The third-order valence-corrected chi connectivity index (χ3v) is 4.37. The van der Waals surface area contributed by atoms with Gasteiger partial charge in [0.1, 0.15) is 6.61 Å². The summed E-state index contributed by atoms with van der Waals surface area (Å²) in [4.78, 5) is 30.0. The average Bonchev–Trinajstić information content (AvgIpc) is 3.38. The number of nitrogens with zero attached hydrogens (tertiary/aromatic N) is 3. The molecular weight excluding hydrogens is 334 g/mol. The molecule has 2 aromatic rings. The van der Waals surface area contributed by atoms with Crippen LogP contribution in [-0.2, 0) is 16.1 Å². The van der Waals surface area contributed by atoms with Crippen LogP contribution in [0, 0.1) is 0 Å². The summed E-state index contributed by atoms with van der Waals surface area (Å²) in [5.74, 6) is -1.09. The molecule has 1 saturated carbocycles. The van der Waals surface area contributed by atoms with Gasteiger partial charge >= 0.3 is 12.1 Å². The maximum Gasteiger partial charge on any atom is 0.411 e. The van der Waals surface area contributed by atoms with Gasteiger partial charge in [-0.2, -0.15) is 0 Å². The van der Waals surface area contributed by atoms with E-state index < -0.39 is 18.1 Å². The highest BCUT2D eigenvalue weighted by molar-refractivity contribution is 5.81. The number of aromatic nitrogens is 2. The maximum absolute atomic E-state index is 12.7. The summed E-state index contributed by atoms with van der Waals surface area (Å²) in [6.07, 6.45) is 5.17. The van der Waals surface area contributed by atoms with E-state index in [4.69, 9.17) is 4.74 Å². The molecule has 1 aromatic heterocycles. The minimum Gasteiger partial charge on any atom is -0.479 e. The molecule has 1 amide bonds. The van der Waals surface area contributed by atoms with E-state index in [-0.39, 0.29) is 12.6 Å². The van der Waals surface area contributed by atoms with Gasteiger partial charge in [0.15, 0.2) is 6.04 Å². The van der Waals surface area contributed by atoms with Crippen LogP contribution in [-0.4, -0.2) is 38.2 Å². The molecule has 1 aromatic carbocycles. The summed E-state index contributed by atoms with van der Waals surface area (Å²) in [5, 5.41) is 9.81. The molecule has 7 nitrogen and oxygen atoms in total. The molecule has 1 aliphatic rings. The monoisotopic (exact) mass is 357 g/mol. The van der Waals surface area contributed by atoms with Crippen LogP contribution in [0.1, 0.15) is 49.5 Å². The topological polar surface area (TPSA) is 84.7 Å². The number of rotatable bonds is 8. The smallest absolute Gasteiger partial charge is 0.411 e. The Balaban J connectivity index is 1.79. The first-order valence-electron chi connectivity index (χ1n) is 8.83. The Kier molecular flexibility index (Phi) is 5.55. The average molecular weight is 357 g/mol. The van der Waals surface area contributed by atoms with Crippen molar-refractivity contribution in [1.82, 2.24) is 14.5 Å². The summed E-state index contributed by atoms with van der Waals surface area (Å²) in [6.45, 7) is 2.29. The molecule has 0 saturated heterocycles. The minimum absolute atomic E-state index is 0.105. The van der Waals surface area contributed by atoms with Crippen molar-refractivity contribution in [1.29, 1.82) is 0 Å². The zero-order valence-corrected chi connectivity index (χ0v) is 14.7. The fraction of sp³-hybridized carbons (Fsp3) is 0.421. The predicted molar refractivity (Wildman–Crippen MR) is 94.5 cm³/mol. The van der Waals surface area contributed by atoms with E-state index >= 15 is 0 Å². The molecular formula is C19H23N3O4. The summed E-state index contributed by atoms with van der Waals surface area (Å²) in [5.41, 5.74) is 1.37. The molecule has 1 atom stereocenters. The second-order valence-corrected chi connectivity index (χ2v) is 6.43. The van der Waals surface area contributed by atoms with Crippen molar-refractivity contribution in [2.75, 3.05) is 6.54 Å². The Morgan fingerprint density at radius 1 is 1.35 bits per heavy atom. The second-order valence-electron chi connectivity index (χ2n) is 6.43. The lowest BCUT2D eigenvalue weighted by molar-refractivity contribution is -0.143. The van der Waals surface area contributed by atoms with Crippen LogP contribution < -0.4 is 0 Å². The van der Waals surface area contributed by atoms with Crippen molar-refractivity contribution in [2.24, 2.45) is 0 Å². The molecule has 0 aliphatic heterocycles. The van der Waals surface area contributed by atoms with Crippen LogP contribution in [0.25, 0.3) is 0 Å². The quantitative estimate of drug-likeness (QED) is 0.783.